The van der Waals surface area contributed by atoms with Crippen molar-refractivity contribution in [2.75, 3.05) is 0 Å². The average Bonchev–Trinajstić information content (AvgIpc) is 2.18. The summed E-state index contributed by atoms with van der Waals surface area (Å²) in [5.74, 6) is -4.14. The van der Waals surface area contributed by atoms with E-state index < -0.39 is 34.1 Å². The van der Waals surface area contributed by atoms with Crippen LogP contribution >= 0.6 is 0 Å². The van der Waals surface area contributed by atoms with Crippen LogP contribution in [0.2, 0.25) is 0 Å². The van der Waals surface area contributed by atoms with Crippen LogP contribution in [0.5, 0.6) is 0 Å². The van der Waals surface area contributed by atoms with E-state index in [-0.39, 0.29) is 5.57 Å². The molecule has 1 rings (SSSR count). The zero-order valence-corrected chi connectivity index (χ0v) is 8.24. The van der Waals surface area contributed by atoms with Gasteiger partial charge in [-0.25, -0.2) is 13.2 Å². The lowest BCUT2D eigenvalue weighted by atomic mass is 9.99. The van der Waals surface area contributed by atoms with E-state index in [0.29, 0.717) is 0 Å². The standard InChI is InChI=1S/C11H5F3N2/c1-5(2)8-10(13)6(3-15)9(12)7(4-16)11(8)14/h1H2,2H3. The fraction of sp³-hybridized carbons (Fsp3) is 0.0909. The molecule has 0 aromatic heterocycles. The molecular weight excluding hydrogens is 217 g/mol. The first-order valence-corrected chi connectivity index (χ1v) is 4.12. The zero-order valence-electron chi connectivity index (χ0n) is 8.24. The van der Waals surface area contributed by atoms with Crippen molar-refractivity contribution in [3.63, 3.8) is 0 Å². The van der Waals surface area contributed by atoms with Gasteiger partial charge in [0.05, 0.1) is 5.56 Å². The van der Waals surface area contributed by atoms with E-state index in [1.54, 1.807) is 0 Å². The van der Waals surface area contributed by atoms with Crippen molar-refractivity contribution in [1.82, 2.24) is 0 Å². The predicted molar refractivity (Wildman–Crippen MR) is 50.5 cm³/mol. The summed E-state index contributed by atoms with van der Waals surface area (Å²) in [4.78, 5) is 0. The molecule has 0 saturated carbocycles. The zero-order chi connectivity index (χ0) is 12.5. The van der Waals surface area contributed by atoms with E-state index in [1.807, 2.05) is 0 Å². The molecule has 80 valence electrons. The molecular formula is C11H5F3N2. The minimum absolute atomic E-state index is 0.0250. The summed E-state index contributed by atoms with van der Waals surface area (Å²) in [6.07, 6.45) is 0. The molecule has 0 spiro atoms. The molecule has 0 amide bonds. The molecule has 0 bridgehead atoms. The number of allylic oxidation sites excluding steroid dienone is 1. The maximum Gasteiger partial charge on any atom is 0.164 e. The van der Waals surface area contributed by atoms with Gasteiger partial charge in [0.1, 0.15) is 23.3 Å². The summed E-state index contributed by atoms with van der Waals surface area (Å²) in [6.45, 7) is 4.60. The first-order chi connectivity index (χ1) is 7.45. The second kappa shape index (κ2) is 4.08. The number of nitriles is 2. The number of benzene rings is 1. The summed E-state index contributed by atoms with van der Waals surface area (Å²) < 4.78 is 40.3. The van der Waals surface area contributed by atoms with Crippen LogP contribution in [-0.2, 0) is 0 Å². The van der Waals surface area contributed by atoms with Gasteiger partial charge >= 0.3 is 0 Å². The Hall–Kier alpha value is -2.27. The van der Waals surface area contributed by atoms with Crippen molar-refractivity contribution < 1.29 is 13.2 Å². The highest BCUT2D eigenvalue weighted by Crippen LogP contribution is 2.28. The van der Waals surface area contributed by atoms with Gasteiger partial charge in [0.2, 0.25) is 0 Å². The van der Waals surface area contributed by atoms with Crippen molar-refractivity contribution in [3.05, 3.63) is 40.7 Å². The van der Waals surface area contributed by atoms with Crippen LogP contribution in [0, 0.1) is 40.1 Å². The number of hydrogen-bond donors (Lipinski definition) is 0. The van der Waals surface area contributed by atoms with Gasteiger partial charge in [-0.05, 0) is 12.5 Å². The van der Waals surface area contributed by atoms with Gasteiger partial charge < -0.3 is 0 Å². The lowest BCUT2D eigenvalue weighted by Crippen LogP contribution is -2.05. The van der Waals surface area contributed by atoms with Crippen LogP contribution in [-0.4, -0.2) is 0 Å². The highest BCUT2D eigenvalue weighted by molar-refractivity contribution is 5.66. The van der Waals surface area contributed by atoms with Gasteiger partial charge in [0, 0.05) is 0 Å². The Kier molecular flexibility index (Phi) is 3.01. The topological polar surface area (TPSA) is 47.6 Å². The third-order valence-corrected chi connectivity index (χ3v) is 1.97. The molecule has 0 unspecified atom stereocenters. The van der Waals surface area contributed by atoms with Crippen LogP contribution in [0.3, 0.4) is 0 Å². The first kappa shape index (κ1) is 11.8. The Bertz CT molecular complexity index is 521. The van der Waals surface area contributed by atoms with Crippen molar-refractivity contribution >= 4 is 5.57 Å². The molecule has 0 aliphatic rings. The Morgan fingerprint density at radius 1 is 1.00 bits per heavy atom. The molecule has 0 aliphatic heterocycles. The molecule has 1 aromatic rings. The molecule has 1 aromatic carbocycles. The van der Waals surface area contributed by atoms with Gasteiger partial charge in [-0.1, -0.05) is 6.58 Å². The Balaban J connectivity index is 3.88. The summed E-state index contributed by atoms with van der Waals surface area (Å²) in [6, 6.07) is 2.50. The smallest absolute Gasteiger partial charge is 0.164 e. The van der Waals surface area contributed by atoms with Crippen molar-refractivity contribution in [3.8, 4) is 12.1 Å². The van der Waals surface area contributed by atoms with E-state index in [1.165, 1.54) is 19.1 Å². The SMILES string of the molecule is C=C(C)c1c(F)c(C#N)c(F)c(C#N)c1F. The minimum Gasteiger partial charge on any atom is -0.205 e. The Labute approximate surface area is 89.8 Å². The number of nitrogens with zero attached hydrogens (tertiary/aromatic N) is 2. The second-order valence-electron chi connectivity index (χ2n) is 3.07. The summed E-state index contributed by atoms with van der Waals surface area (Å²) in [5, 5.41) is 17.0. The third kappa shape index (κ3) is 1.53. The summed E-state index contributed by atoms with van der Waals surface area (Å²) in [5.41, 5.74) is -2.61. The molecule has 0 heterocycles. The number of hydrogen-bond acceptors (Lipinski definition) is 2. The van der Waals surface area contributed by atoms with Crippen LogP contribution in [0.25, 0.3) is 5.57 Å². The predicted octanol–water partition coefficient (Wildman–Crippen LogP) is 2.88. The van der Waals surface area contributed by atoms with Gasteiger partial charge in [0.15, 0.2) is 17.5 Å². The fourth-order valence-electron chi connectivity index (χ4n) is 1.24. The fourth-order valence-corrected chi connectivity index (χ4v) is 1.24. The monoisotopic (exact) mass is 222 g/mol. The average molecular weight is 222 g/mol. The lowest BCUT2D eigenvalue weighted by Gasteiger charge is -2.08. The molecule has 0 atom stereocenters. The molecule has 5 heteroatoms. The highest BCUT2D eigenvalue weighted by Gasteiger charge is 2.25. The minimum atomic E-state index is -1.48. The van der Waals surface area contributed by atoms with E-state index in [4.69, 9.17) is 10.5 Å². The van der Waals surface area contributed by atoms with Gasteiger partial charge in [-0.15, -0.1) is 0 Å². The van der Waals surface area contributed by atoms with E-state index in [9.17, 15) is 13.2 Å². The summed E-state index contributed by atoms with van der Waals surface area (Å²) in [7, 11) is 0. The molecule has 0 saturated heterocycles. The van der Waals surface area contributed by atoms with E-state index in [2.05, 4.69) is 6.58 Å². The molecule has 0 N–H and O–H groups in total. The van der Waals surface area contributed by atoms with Gasteiger partial charge in [-0.2, -0.15) is 10.5 Å². The normalized spacial score (nSPS) is 9.38. The largest absolute Gasteiger partial charge is 0.205 e. The van der Waals surface area contributed by atoms with E-state index in [0.717, 1.165) is 0 Å². The molecule has 0 radical (unpaired) electrons. The van der Waals surface area contributed by atoms with Crippen molar-refractivity contribution in [1.29, 1.82) is 10.5 Å². The lowest BCUT2D eigenvalue weighted by molar-refractivity contribution is 0.530. The van der Waals surface area contributed by atoms with Gasteiger partial charge in [-0.3, -0.25) is 0 Å². The highest BCUT2D eigenvalue weighted by atomic mass is 19.1. The maximum absolute atomic E-state index is 13.5. The molecule has 0 aliphatic carbocycles. The van der Waals surface area contributed by atoms with E-state index >= 15 is 0 Å². The molecule has 2 nitrogen and oxygen atoms in total. The second-order valence-corrected chi connectivity index (χ2v) is 3.07. The van der Waals surface area contributed by atoms with Crippen LogP contribution < -0.4 is 0 Å². The molecule has 0 fully saturated rings. The maximum atomic E-state index is 13.5. The number of rotatable bonds is 1. The van der Waals surface area contributed by atoms with Crippen LogP contribution in [0.15, 0.2) is 6.58 Å². The van der Waals surface area contributed by atoms with Crippen molar-refractivity contribution in [2.45, 2.75) is 6.92 Å². The summed E-state index contributed by atoms with van der Waals surface area (Å²) >= 11 is 0. The Morgan fingerprint density at radius 2 is 1.38 bits per heavy atom. The van der Waals surface area contributed by atoms with Crippen LogP contribution in [0.1, 0.15) is 23.6 Å². The van der Waals surface area contributed by atoms with Crippen molar-refractivity contribution in [2.24, 2.45) is 0 Å². The van der Waals surface area contributed by atoms with Gasteiger partial charge in [0.25, 0.3) is 0 Å². The first-order valence-electron chi connectivity index (χ1n) is 4.12. The number of halogens is 3. The van der Waals surface area contributed by atoms with Crippen LogP contribution in [0.4, 0.5) is 13.2 Å². The third-order valence-electron chi connectivity index (χ3n) is 1.97. The Morgan fingerprint density at radius 3 is 1.62 bits per heavy atom. The quantitative estimate of drug-likeness (QED) is 0.733. The molecule has 16 heavy (non-hydrogen) atoms.